The van der Waals surface area contributed by atoms with Gasteiger partial charge in [-0.2, -0.15) is 0 Å². The van der Waals surface area contributed by atoms with Gasteiger partial charge in [-0.05, 0) is 17.4 Å². The van der Waals surface area contributed by atoms with Gasteiger partial charge in [0, 0.05) is 11.3 Å². The molecule has 2 heterocycles. The van der Waals surface area contributed by atoms with Gasteiger partial charge in [0.15, 0.2) is 0 Å². The van der Waals surface area contributed by atoms with Crippen molar-refractivity contribution in [3.63, 3.8) is 0 Å². The van der Waals surface area contributed by atoms with Gasteiger partial charge in [0.1, 0.15) is 5.00 Å². The Bertz CT molecular complexity index is 543. The fourth-order valence-corrected chi connectivity index (χ4v) is 3.44. The van der Waals surface area contributed by atoms with E-state index in [-0.39, 0.29) is 11.3 Å². The monoisotopic (exact) mass is 296 g/mol. The van der Waals surface area contributed by atoms with Gasteiger partial charge in [-0.3, -0.25) is 9.59 Å². The Balaban J connectivity index is 2.25. The zero-order valence-electron chi connectivity index (χ0n) is 12.0. The van der Waals surface area contributed by atoms with Crippen LogP contribution in [-0.2, 0) is 22.6 Å². The Kier molecular flexibility index (Phi) is 4.15. The molecule has 2 amide bonds. The zero-order chi connectivity index (χ0) is 14.9. The minimum absolute atomic E-state index is 0.0977. The Morgan fingerprint density at radius 1 is 1.40 bits per heavy atom. The molecule has 0 aliphatic carbocycles. The van der Waals surface area contributed by atoms with E-state index in [1.807, 2.05) is 20.8 Å². The first-order valence-corrected chi connectivity index (χ1v) is 7.41. The molecule has 0 aromatic carbocycles. The summed E-state index contributed by atoms with van der Waals surface area (Å²) in [4.78, 5) is 24.7. The summed E-state index contributed by atoms with van der Waals surface area (Å²) >= 11 is 1.39. The average Bonchev–Trinajstić information content (AvgIpc) is 2.63. The SMILES string of the molecule is CC(C)(C)CC(=O)Nc1sc2c(c1C(N)=O)CCOC2. The lowest BCUT2D eigenvalue weighted by Crippen LogP contribution is -2.22. The summed E-state index contributed by atoms with van der Waals surface area (Å²) < 4.78 is 5.38. The molecule has 0 unspecified atom stereocenters. The number of thiophene rings is 1. The Labute approximate surface area is 122 Å². The van der Waals surface area contributed by atoms with Crippen molar-refractivity contribution in [3.05, 3.63) is 16.0 Å². The van der Waals surface area contributed by atoms with E-state index in [4.69, 9.17) is 10.5 Å². The second-order valence-electron chi connectivity index (χ2n) is 6.16. The van der Waals surface area contributed by atoms with E-state index < -0.39 is 5.91 Å². The maximum absolute atomic E-state index is 12.0. The second kappa shape index (κ2) is 5.54. The van der Waals surface area contributed by atoms with Crippen molar-refractivity contribution in [1.29, 1.82) is 0 Å². The summed E-state index contributed by atoms with van der Waals surface area (Å²) in [7, 11) is 0. The summed E-state index contributed by atoms with van der Waals surface area (Å²) in [6.45, 7) is 7.05. The third kappa shape index (κ3) is 3.37. The summed E-state index contributed by atoms with van der Waals surface area (Å²) in [5, 5.41) is 3.39. The van der Waals surface area contributed by atoms with Crippen LogP contribution in [0.4, 0.5) is 5.00 Å². The van der Waals surface area contributed by atoms with Gasteiger partial charge in [-0.25, -0.2) is 0 Å². The van der Waals surface area contributed by atoms with Crippen LogP contribution in [0.5, 0.6) is 0 Å². The average molecular weight is 296 g/mol. The number of carbonyl (C=O) groups excluding carboxylic acids is 2. The van der Waals surface area contributed by atoms with Gasteiger partial charge in [0.05, 0.1) is 18.8 Å². The third-order valence-electron chi connectivity index (χ3n) is 3.01. The maximum atomic E-state index is 12.0. The molecule has 0 saturated heterocycles. The molecule has 110 valence electrons. The highest BCUT2D eigenvalue weighted by atomic mass is 32.1. The van der Waals surface area contributed by atoms with Crippen LogP contribution in [0.25, 0.3) is 0 Å². The first-order valence-electron chi connectivity index (χ1n) is 6.60. The lowest BCUT2D eigenvalue weighted by Gasteiger charge is -2.17. The molecule has 0 saturated carbocycles. The van der Waals surface area contributed by atoms with Crippen molar-refractivity contribution >= 4 is 28.2 Å². The van der Waals surface area contributed by atoms with E-state index in [9.17, 15) is 9.59 Å². The molecule has 1 aliphatic rings. The number of primary amides is 1. The molecule has 1 aliphatic heterocycles. The molecule has 0 spiro atoms. The molecule has 6 heteroatoms. The van der Waals surface area contributed by atoms with Gasteiger partial charge in [-0.1, -0.05) is 20.8 Å². The van der Waals surface area contributed by atoms with E-state index >= 15 is 0 Å². The van der Waals surface area contributed by atoms with E-state index in [1.54, 1.807) is 0 Å². The van der Waals surface area contributed by atoms with Crippen molar-refractivity contribution in [2.24, 2.45) is 11.1 Å². The lowest BCUT2D eigenvalue weighted by atomic mass is 9.92. The number of ether oxygens (including phenoxy) is 1. The topological polar surface area (TPSA) is 81.4 Å². The number of hydrogen-bond acceptors (Lipinski definition) is 4. The molecule has 0 radical (unpaired) electrons. The van der Waals surface area contributed by atoms with Crippen molar-refractivity contribution in [3.8, 4) is 0 Å². The first kappa shape index (κ1) is 15.0. The number of amides is 2. The molecule has 0 fully saturated rings. The van der Waals surface area contributed by atoms with E-state index in [1.165, 1.54) is 11.3 Å². The fourth-order valence-electron chi connectivity index (χ4n) is 2.23. The normalized spacial score (nSPS) is 14.8. The van der Waals surface area contributed by atoms with Crippen LogP contribution >= 0.6 is 11.3 Å². The highest BCUT2D eigenvalue weighted by Crippen LogP contribution is 2.36. The quantitative estimate of drug-likeness (QED) is 0.898. The van der Waals surface area contributed by atoms with Crippen LogP contribution < -0.4 is 11.1 Å². The predicted octanol–water partition coefficient (Wildman–Crippen LogP) is 2.29. The van der Waals surface area contributed by atoms with Gasteiger partial charge in [0.2, 0.25) is 5.91 Å². The molecule has 1 aromatic rings. The summed E-state index contributed by atoms with van der Waals surface area (Å²) in [6, 6.07) is 0. The fraction of sp³-hybridized carbons (Fsp3) is 0.571. The molecule has 2 rings (SSSR count). The molecule has 3 N–H and O–H groups in total. The minimum Gasteiger partial charge on any atom is -0.376 e. The first-order chi connectivity index (χ1) is 9.28. The highest BCUT2D eigenvalue weighted by Gasteiger charge is 2.26. The molecule has 20 heavy (non-hydrogen) atoms. The van der Waals surface area contributed by atoms with Crippen molar-refractivity contribution in [2.45, 2.75) is 40.2 Å². The van der Waals surface area contributed by atoms with Crippen LogP contribution in [0.1, 0.15) is 48.0 Å². The smallest absolute Gasteiger partial charge is 0.251 e. The minimum atomic E-state index is -0.490. The molecular weight excluding hydrogens is 276 g/mol. The Morgan fingerprint density at radius 2 is 2.10 bits per heavy atom. The van der Waals surface area contributed by atoms with Gasteiger partial charge in [0.25, 0.3) is 5.91 Å². The van der Waals surface area contributed by atoms with Gasteiger partial charge in [-0.15, -0.1) is 11.3 Å². The van der Waals surface area contributed by atoms with E-state index in [0.717, 1.165) is 10.4 Å². The predicted molar refractivity (Wildman–Crippen MR) is 78.9 cm³/mol. The summed E-state index contributed by atoms with van der Waals surface area (Å²) in [5.74, 6) is -0.588. The third-order valence-corrected chi connectivity index (χ3v) is 4.13. The second-order valence-corrected chi connectivity index (χ2v) is 7.27. The molecule has 1 aromatic heterocycles. The largest absolute Gasteiger partial charge is 0.376 e. The maximum Gasteiger partial charge on any atom is 0.251 e. The molecule has 0 bridgehead atoms. The Morgan fingerprint density at radius 3 is 2.70 bits per heavy atom. The molecule has 0 atom stereocenters. The number of rotatable bonds is 3. The number of nitrogens with one attached hydrogen (secondary N) is 1. The number of carbonyl (C=O) groups is 2. The zero-order valence-corrected chi connectivity index (χ0v) is 12.9. The van der Waals surface area contributed by atoms with Crippen LogP contribution in [0.15, 0.2) is 0 Å². The van der Waals surface area contributed by atoms with Gasteiger partial charge >= 0.3 is 0 Å². The Hall–Kier alpha value is -1.40. The van der Waals surface area contributed by atoms with E-state index in [2.05, 4.69) is 5.32 Å². The lowest BCUT2D eigenvalue weighted by molar-refractivity contribution is -0.117. The number of hydrogen-bond donors (Lipinski definition) is 2. The van der Waals surface area contributed by atoms with Crippen LogP contribution in [0.3, 0.4) is 0 Å². The van der Waals surface area contributed by atoms with Gasteiger partial charge < -0.3 is 15.8 Å². The van der Waals surface area contributed by atoms with Crippen molar-refractivity contribution < 1.29 is 14.3 Å². The highest BCUT2D eigenvalue weighted by molar-refractivity contribution is 7.17. The van der Waals surface area contributed by atoms with Crippen LogP contribution in [0.2, 0.25) is 0 Å². The number of anilines is 1. The molecule has 5 nitrogen and oxygen atoms in total. The number of nitrogens with two attached hydrogens (primary N) is 1. The standard InChI is InChI=1S/C14H20N2O3S/c1-14(2,3)6-10(17)16-13-11(12(15)18)8-4-5-19-7-9(8)20-13/h4-7H2,1-3H3,(H2,15,18)(H,16,17). The van der Waals surface area contributed by atoms with Crippen molar-refractivity contribution in [2.75, 3.05) is 11.9 Å². The molecular formula is C14H20N2O3S. The summed E-state index contributed by atoms with van der Waals surface area (Å²) in [5.41, 5.74) is 6.75. The van der Waals surface area contributed by atoms with E-state index in [0.29, 0.717) is 36.6 Å². The van der Waals surface area contributed by atoms with Crippen LogP contribution in [0, 0.1) is 5.41 Å². The van der Waals surface area contributed by atoms with Crippen molar-refractivity contribution in [1.82, 2.24) is 0 Å². The van der Waals surface area contributed by atoms with Crippen LogP contribution in [-0.4, -0.2) is 18.4 Å². The summed E-state index contributed by atoms with van der Waals surface area (Å²) in [6.07, 6.45) is 1.06. The number of fused-ring (bicyclic) bond motifs is 1.